The van der Waals surface area contributed by atoms with Gasteiger partial charge in [-0.05, 0) is 12.1 Å². The van der Waals surface area contributed by atoms with E-state index in [2.05, 4.69) is 0 Å². The van der Waals surface area contributed by atoms with E-state index < -0.39 is 18.5 Å². The molecule has 100 valence electrons. The zero-order chi connectivity index (χ0) is 14.3. The van der Waals surface area contributed by atoms with E-state index in [0.29, 0.717) is 0 Å². The van der Waals surface area contributed by atoms with Crippen molar-refractivity contribution in [2.45, 2.75) is 6.42 Å². The van der Waals surface area contributed by atoms with E-state index >= 15 is 0 Å². The standard InChI is InChI=1S/C13H14N2O4/c1-15(8-4-7-14)12(17)9-19-13(18)10-5-2-3-6-11(10)16/h2-3,5-6,16H,4,8-9H2,1H3. The molecule has 0 atom stereocenters. The maximum Gasteiger partial charge on any atom is 0.342 e. The first-order valence-electron chi connectivity index (χ1n) is 5.62. The van der Waals surface area contributed by atoms with Crippen LogP contribution in [0.5, 0.6) is 5.75 Å². The highest BCUT2D eigenvalue weighted by atomic mass is 16.5. The van der Waals surface area contributed by atoms with Crippen LogP contribution in [0, 0.1) is 11.3 Å². The Kier molecular flexibility index (Phi) is 5.35. The Morgan fingerprint density at radius 2 is 2.11 bits per heavy atom. The fourth-order valence-electron chi connectivity index (χ4n) is 1.30. The van der Waals surface area contributed by atoms with Gasteiger partial charge in [-0.15, -0.1) is 0 Å². The van der Waals surface area contributed by atoms with E-state index in [0.717, 1.165) is 0 Å². The van der Waals surface area contributed by atoms with Gasteiger partial charge in [-0.3, -0.25) is 4.79 Å². The lowest BCUT2D eigenvalue weighted by molar-refractivity contribution is -0.133. The number of esters is 1. The Labute approximate surface area is 110 Å². The van der Waals surface area contributed by atoms with Gasteiger partial charge in [0, 0.05) is 13.6 Å². The molecule has 1 rings (SSSR count). The first-order valence-corrected chi connectivity index (χ1v) is 5.62. The summed E-state index contributed by atoms with van der Waals surface area (Å²) >= 11 is 0. The lowest BCUT2D eigenvalue weighted by atomic mass is 10.2. The second-order valence-corrected chi connectivity index (χ2v) is 3.82. The molecule has 1 aromatic carbocycles. The molecule has 0 aromatic heterocycles. The SMILES string of the molecule is CN(CCC#N)C(=O)COC(=O)c1ccccc1O. The Hall–Kier alpha value is -2.55. The van der Waals surface area contributed by atoms with Gasteiger partial charge in [0.1, 0.15) is 11.3 Å². The summed E-state index contributed by atoms with van der Waals surface area (Å²) in [5.41, 5.74) is 0.00924. The zero-order valence-corrected chi connectivity index (χ0v) is 10.5. The lowest BCUT2D eigenvalue weighted by Crippen LogP contribution is -2.31. The number of rotatable bonds is 5. The maximum atomic E-state index is 11.6. The maximum absolute atomic E-state index is 11.6. The van der Waals surface area contributed by atoms with Crippen molar-refractivity contribution < 1.29 is 19.4 Å². The number of ether oxygens (including phenoxy) is 1. The van der Waals surface area contributed by atoms with E-state index in [9.17, 15) is 14.7 Å². The molecule has 6 heteroatoms. The van der Waals surface area contributed by atoms with Gasteiger partial charge in [-0.2, -0.15) is 5.26 Å². The van der Waals surface area contributed by atoms with Crippen LogP contribution in [0.2, 0.25) is 0 Å². The van der Waals surface area contributed by atoms with Crippen molar-refractivity contribution in [2.24, 2.45) is 0 Å². The molecule has 0 saturated carbocycles. The highest BCUT2D eigenvalue weighted by molar-refractivity contribution is 5.93. The van der Waals surface area contributed by atoms with Crippen LogP contribution < -0.4 is 0 Å². The molecule has 0 bridgehead atoms. The molecule has 0 radical (unpaired) electrons. The summed E-state index contributed by atoms with van der Waals surface area (Å²) in [5, 5.41) is 17.8. The zero-order valence-electron chi connectivity index (χ0n) is 10.5. The van der Waals surface area contributed by atoms with E-state index in [4.69, 9.17) is 10.00 Å². The number of phenolic OH excluding ortho intramolecular Hbond substituents is 1. The number of nitriles is 1. The van der Waals surface area contributed by atoms with Gasteiger partial charge in [-0.1, -0.05) is 12.1 Å². The van der Waals surface area contributed by atoms with Crippen molar-refractivity contribution in [1.82, 2.24) is 4.90 Å². The normalized spacial score (nSPS) is 9.47. The molecule has 0 saturated heterocycles. The van der Waals surface area contributed by atoms with Crippen LogP contribution in [-0.4, -0.2) is 42.1 Å². The Bertz CT molecular complexity index is 508. The fourth-order valence-corrected chi connectivity index (χ4v) is 1.30. The number of aromatic hydroxyl groups is 1. The third-order valence-corrected chi connectivity index (χ3v) is 2.44. The van der Waals surface area contributed by atoms with Crippen molar-refractivity contribution in [3.63, 3.8) is 0 Å². The number of amides is 1. The average Bonchev–Trinajstić information content (AvgIpc) is 2.42. The summed E-state index contributed by atoms with van der Waals surface area (Å²) in [6.45, 7) is -0.140. The van der Waals surface area contributed by atoms with Crippen LogP contribution in [0.25, 0.3) is 0 Å². The van der Waals surface area contributed by atoms with Crippen molar-refractivity contribution in [2.75, 3.05) is 20.2 Å². The van der Waals surface area contributed by atoms with Crippen LogP contribution in [0.1, 0.15) is 16.8 Å². The van der Waals surface area contributed by atoms with E-state index in [1.54, 1.807) is 12.1 Å². The van der Waals surface area contributed by atoms with Crippen LogP contribution in [0.3, 0.4) is 0 Å². The van der Waals surface area contributed by atoms with Gasteiger partial charge in [0.05, 0.1) is 12.5 Å². The smallest absolute Gasteiger partial charge is 0.342 e. The molecule has 1 N–H and O–H groups in total. The number of likely N-dealkylation sites (N-methyl/N-ethyl adjacent to an activating group) is 1. The number of phenols is 1. The topological polar surface area (TPSA) is 90.6 Å². The molecule has 0 heterocycles. The van der Waals surface area contributed by atoms with Crippen LogP contribution in [-0.2, 0) is 9.53 Å². The lowest BCUT2D eigenvalue weighted by Gasteiger charge is -2.15. The van der Waals surface area contributed by atoms with Crippen LogP contribution in [0.15, 0.2) is 24.3 Å². The summed E-state index contributed by atoms with van der Waals surface area (Å²) in [6.07, 6.45) is 0.218. The molecule has 0 aliphatic carbocycles. The minimum Gasteiger partial charge on any atom is -0.507 e. The second-order valence-electron chi connectivity index (χ2n) is 3.82. The molecule has 0 fully saturated rings. The molecule has 0 spiro atoms. The van der Waals surface area contributed by atoms with Gasteiger partial charge >= 0.3 is 5.97 Å². The molecule has 6 nitrogen and oxygen atoms in total. The minimum atomic E-state index is -0.764. The van der Waals surface area contributed by atoms with E-state index in [1.165, 1.54) is 24.1 Å². The van der Waals surface area contributed by atoms with Crippen molar-refractivity contribution in [3.8, 4) is 11.8 Å². The molecular formula is C13H14N2O4. The fraction of sp³-hybridized carbons (Fsp3) is 0.308. The van der Waals surface area contributed by atoms with Gasteiger partial charge in [-0.25, -0.2) is 4.79 Å². The molecule has 1 amide bonds. The van der Waals surface area contributed by atoms with Gasteiger partial charge in [0.2, 0.25) is 0 Å². The summed E-state index contributed by atoms with van der Waals surface area (Å²) < 4.78 is 4.80. The predicted molar refractivity (Wildman–Crippen MR) is 66.3 cm³/mol. The number of hydrogen-bond acceptors (Lipinski definition) is 5. The summed E-state index contributed by atoms with van der Waals surface area (Å²) in [6, 6.07) is 7.84. The Morgan fingerprint density at radius 3 is 2.74 bits per heavy atom. The number of nitrogens with zero attached hydrogens (tertiary/aromatic N) is 2. The first-order chi connectivity index (χ1) is 9.06. The number of para-hydroxylation sites is 1. The third-order valence-electron chi connectivity index (χ3n) is 2.44. The number of hydrogen-bond donors (Lipinski definition) is 1. The van der Waals surface area contributed by atoms with Crippen molar-refractivity contribution in [1.29, 1.82) is 5.26 Å². The van der Waals surface area contributed by atoms with Gasteiger partial charge < -0.3 is 14.7 Å². The molecule has 0 unspecified atom stereocenters. The second kappa shape index (κ2) is 7.01. The highest BCUT2D eigenvalue weighted by Crippen LogP contribution is 2.16. The summed E-state index contributed by atoms with van der Waals surface area (Å²) in [5.74, 6) is -1.36. The van der Waals surface area contributed by atoms with Crippen LogP contribution >= 0.6 is 0 Å². The molecular weight excluding hydrogens is 248 g/mol. The third kappa shape index (κ3) is 4.32. The highest BCUT2D eigenvalue weighted by Gasteiger charge is 2.15. The molecule has 0 aliphatic rings. The van der Waals surface area contributed by atoms with Crippen molar-refractivity contribution in [3.05, 3.63) is 29.8 Å². The first kappa shape index (κ1) is 14.5. The number of benzene rings is 1. The molecule has 0 aliphatic heterocycles. The van der Waals surface area contributed by atoms with Gasteiger partial charge in [0.25, 0.3) is 5.91 Å². The van der Waals surface area contributed by atoms with Gasteiger partial charge in [0.15, 0.2) is 6.61 Å². The average molecular weight is 262 g/mol. The Balaban J connectivity index is 2.49. The summed E-state index contributed by atoms with van der Waals surface area (Å²) in [7, 11) is 1.52. The number of carbonyl (C=O) groups excluding carboxylic acids is 2. The number of carbonyl (C=O) groups is 2. The van der Waals surface area contributed by atoms with Crippen molar-refractivity contribution >= 4 is 11.9 Å². The quantitative estimate of drug-likeness (QED) is 0.797. The minimum absolute atomic E-state index is 0.00924. The summed E-state index contributed by atoms with van der Waals surface area (Å²) in [4.78, 5) is 24.5. The van der Waals surface area contributed by atoms with Crippen LogP contribution in [0.4, 0.5) is 0 Å². The largest absolute Gasteiger partial charge is 0.507 e. The molecule has 19 heavy (non-hydrogen) atoms. The van der Waals surface area contributed by atoms with E-state index in [-0.39, 0.29) is 24.3 Å². The molecule has 1 aromatic rings. The monoisotopic (exact) mass is 262 g/mol. The Morgan fingerprint density at radius 1 is 1.42 bits per heavy atom. The van der Waals surface area contributed by atoms with E-state index in [1.807, 2.05) is 6.07 Å². The predicted octanol–water partition coefficient (Wildman–Crippen LogP) is 0.921.